The van der Waals surface area contributed by atoms with Crippen LogP contribution in [0.3, 0.4) is 0 Å². The number of rotatable bonds is 7. The number of nitrogens with zero attached hydrogens (tertiary/aromatic N) is 2. The third kappa shape index (κ3) is 5.08. The van der Waals surface area contributed by atoms with Crippen LogP contribution in [0.15, 0.2) is 81.0 Å². The zero-order valence-electron chi connectivity index (χ0n) is 24.6. The number of hydrogen-bond acceptors (Lipinski definition) is 9. The van der Waals surface area contributed by atoms with Gasteiger partial charge in [-0.25, -0.2) is 0 Å². The molecule has 3 heterocycles. The Kier molecular flexibility index (Phi) is 7.73. The Hall–Kier alpha value is -3.98. The SMILES string of the molecule is O=C(COc1ccc(Br)cc1[C@@H]1c2sc(=O)[nH]c2S[C@@H]2[C@@H]3C[C@@H]([C@@H]4C(=O)N(c5ccc([N+](=O)[O-])cc5)C(=O)[C@@H]34)[C@H]12)Nc1ccc(Cl)cc1. The van der Waals surface area contributed by atoms with Gasteiger partial charge in [0.25, 0.3) is 11.6 Å². The van der Waals surface area contributed by atoms with E-state index in [-0.39, 0.29) is 63.8 Å². The molecule has 0 unspecified atom stereocenters. The summed E-state index contributed by atoms with van der Waals surface area (Å²) in [5.74, 6) is -2.26. The number of benzene rings is 3. The Balaban J connectivity index is 1.13. The summed E-state index contributed by atoms with van der Waals surface area (Å²) in [5.41, 5.74) is 1.55. The maximum atomic E-state index is 14.1. The zero-order chi connectivity index (χ0) is 33.4. The summed E-state index contributed by atoms with van der Waals surface area (Å²) in [4.78, 5) is 69.1. The molecule has 3 aromatic carbocycles. The van der Waals surface area contributed by atoms with Crippen LogP contribution in [0.2, 0.25) is 5.02 Å². The molecule has 4 aromatic rings. The van der Waals surface area contributed by atoms with Gasteiger partial charge in [0.2, 0.25) is 11.8 Å². The van der Waals surface area contributed by atoms with Crippen molar-refractivity contribution in [1.29, 1.82) is 0 Å². The summed E-state index contributed by atoms with van der Waals surface area (Å²) in [6.07, 6.45) is 0.687. The Labute approximate surface area is 294 Å². The first-order valence-electron chi connectivity index (χ1n) is 15.1. The second kappa shape index (κ2) is 11.9. The van der Waals surface area contributed by atoms with Gasteiger partial charge in [-0.2, -0.15) is 0 Å². The highest BCUT2D eigenvalue weighted by Crippen LogP contribution is 2.69. The molecule has 244 valence electrons. The second-order valence-electron chi connectivity index (χ2n) is 12.3. The molecule has 2 aliphatic carbocycles. The molecular weight excluding hydrogens is 744 g/mol. The second-order valence-corrected chi connectivity index (χ2v) is 15.8. The number of nitro benzene ring substituents is 1. The number of halogens is 2. The van der Waals surface area contributed by atoms with Crippen molar-refractivity contribution in [2.45, 2.75) is 22.6 Å². The van der Waals surface area contributed by atoms with Gasteiger partial charge in [0.1, 0.15) is 5.75 Å². The van der Waals surface area contributed by atoms with Crippen LogP contribution in [0.1, 0.15) is 22.8 Å². The fourth-order valence-electron chi connectivity index (χ4n) is 8.11. The highest BCUT2D eigenvalue weighted by atomic mass is 79.9. The minimum absolute atomic E-state index is 0.0624. The molecule has 15 heteroatoms. The number of nitro groups is 1. The van der Waals surface area contributed by atoms with Crippen molar-refractivity contribution in [3.63, 3.8) is 0 Å². The van der Waals surface area contributed by atoms with Crippen molar-refractivity contribution in [3.8, 4) is 5.75 Å². The van der Waals surface area contributed by atoms with E-state index in [0.29, 0.717) is 28.6 Å². The van der Waals surface area contributed by atoms with E-state index >= 15 is 0 Å². The number of hydrogen-bond donors (Lipinski definition) is 2. The number of amides is 3. The summed E-state index contributed by atoms with van der Waals surface area (Å²) in [6, 6.07) is 17.8. The number of H-pyrrole nitrogens is 1. The maximum absolute atomic E-state index is 14.1. The average molecular weight is 768 g/mol. The van der Waals surface area contributed by atoms with E-state index in [1.807, 2.05) is 12.1 Å². The molecule has 3 amide bonds. The first-order chi connectivity index (χ1) is 23.1. The molecule has 48 heavy (non-hydrogen) atoms. The minimum Gasteiger partial charge on any atom is -0.483 e. The third-order valence-corrected chi connectivity index (χ3v) is 13.2. The third-order valence-electron chi connectivity index (χ3n) is 9.84. The zero-order valence-corrected chi connectivity index (χ0v) is 28.6. The predicted octanol–water partition coefficient (Wildman–Crippen LogP) is 6.46. The van der Waals surface area contributed by atoms with E-state index in [1.165, 1.54) is 29.2 Å². The summed E-state index contributed by atoms with van der Waals surface area (Å²) < 4.78 is 6.94. The normalized spacial score (nSPS) is 26.6. The molecule has 3 fully saturated rings. The molecule has 2 saturated carbocycles. The molecular formula is C33H24BrClN4O7S2. The molecule has 2 bridgehead atoms. The predicted molar refractivity (Wildman–Crippen MR) is 184 cm³/mol. The average Bonchev–Trinajstić information content (AvgIpc) is 3.80. The largest absolute Gasteiger partial charge is 0.483 e. The van der Waals surface area contributed by atoms with Crippen molar-refractivity contribution >= 4 is 85.4 Å². The topological polar surface area (TPSA) is 152 Å². The molecule has 2 aliphatic heterocycles. The first kappa shape index (κ1) is 31.3. The number of non-ortho nitro benzene ring substituents is 1. The number of imide groups is 1. The number of carbonyl (C=O) groups is 3. The van der Waals surface area contributed by atoms with E-state index in [4.69, 9.17) is 16.3 Å². The van der Waals surface area contributed by atoms with E-state index in [9.17, 15) is 29.3 Å². The van der Waals surface area contributed by atoms with Crippen LogP contribution < -0.4 is 19.8 Å². The van der Waals surface area contributed by atoms with Crippen LogP contribution in [0.4, 0.5) is 17.1 Å². The van der Waals surface area contributed by atoms with E-state index in [0.717, 1.165) is 31.3 Å². The van der Waals surface area contributed by atoms with Gasteiger partial charge in [0, 0.05) is 48.9 Å². The van der Waals surface area contributed by atoms with E-state index in [1.54, 1.807) is 42.1 Å². The van der Waals surface area contributed by atoms with Crippen molar-refractivity contribution in [2.24, 2.45) is 29.6 Å². The molecule has 0 radical (unpaired) electrons. The number of thioether (sulfide) groups is 1. The quantitative estimate of drug-likeness (QED) is 0.124. The number of nitrogens with one attached hydrogen (secondary N) is 2. The molecule has 11 nitrogen and oxygen atoms in total. The molecule has 1 aromatic heterocycles. The summed E-state index contributed by atoms with van der Waals surface area (Å²) >= 11 is 12.3. The number of anilines is 2. The van der Waals surface area contributed by atoms with Crippen LogP contribution in [0, 0.1) is 39.7 Å². The molecule has 2 N–H and O–H groups in total. The molecule has 0 spiro atoms. The van der Waals surface area contributed by atoms with Gasteiger partial charge >= 0.3 is 4.87 Å². The van der Waals surface area contributed by atoms with Crippen LogP contribution in [-0.4, -0.2) is 39.5 Å². The summed E-state index contributed by atoms with van der Waals surface area (Å²) in [6.45, 7) is -0.267. The molecule has 7 atom stereocenters. The lowest BCUT2D eigenvalue weighted by molar-refractivity contribution is -0.384. The van der Waals surface area contributed by atoms with Crippen LogP contribution in [0.5, 0.6) is 5.75 Å². The van der Waals surface area contributed by atoms with Crippen molar-refractivity contribution in [2.75, 3.05) is 16.8 Å². The molecule has 4 aliphatic rings. The highest BCUT2D eigenvalue weighted by molar-refractivity contribution is 9.10. The Morgan fingerprint density at radius 3 is 2.46 bits per heavy atom. The Morgan fingerprint density at radius 1 is 1.04 bits per heavy atom. The monoisotopic (exact) mass is 766 g/mol. The van der Waals surface area contributed by atoms with Gasteiger partial charge in [0.15, 0.2) is 6.61 Å². The summed E-state index contributed by atoms with van der Waals surface area (Å²) in [5, 5.41) is 15.2. The van der Waals surface area contributed by atoms with Crippen molar-refractivity contribution in [3.05, 3.63) is 106 Å². The van der Waals surface area contributed by atoms with Crippen molar-refractivity contribution in [1.82, 2.24) is 4.98 Å². The summed E-state index contributed by atoms with van der Waals surface area (Å²) in [7, 11) is 0. The van der Waals surface area contributed by atoms with Crippen LogP contribution in [0.25, 0.3) is 0 Å². The van der Waals surface area contributed by atoms with Crippen LogP contribution >= 0.6 is 50.6 Å². The number of ether oxygens (including phenoxy) is 1. The lowest BCUT2D eigenvalue weighted by Gasteiger charge is -2.43. The molecule has 8 rings (SSSR count). The fourth-order valence-corrected chi connectivity index (χ4v) is 11.5. The molecule has 1 saturated heterocycles. The standard InChI is InChI=1S/C33H24BrClN4O7S2/c34-14-1-10-22(46-13-23(40)36-16-4-2-15(35)3-5-16)19(11-14)24-25-20-12-21(28(25)47-30-29(24)48-33(43)37-30)27-26(20)31(41)38(32(27)42)17-6-8-18(9-7-17)39(44)45/h1-11,20-21,24-28H,12-13H2,(H,36,40)(H,37,43)/t20-,21-,24+,25-,26+,27+,28-/m1/s1. The highest BCUT2D eigenvalue weighted by Gasteiger charge is 2.70. The van der Waals surface area contributed by atoms with Crippen LogP contribution in [-0.2, 0) is 14.4 Å². The van der Waals surface area contributed by atoms with E-state index in [2.05, 4.69) is 26.2 Å². The van der Waals surface area contributed by atoms with Gasteiger partial charge in [0.05, 0.1) is 27.5 Å². The lowest BCUT2D eigenvalue weighted by Crippen LogP contribution is -2.42. The minimum atomic E-state index is -0.555. The Morgan fingerprint density at radius 2 is 1.75 bits per heavy atom. The van der Waals surface area contributed by atoms with Gasteiger partial charge in [-0.05, 0) is 78.8 Å². The van der Waals surface area contributed by atoms with E-state index < -0.39 is 16.8 Å². The Bertz CT molecular complexity index is 2070. The smallest absolute Gasteiger partial charge is 0.305 e. The van der Waals surface area contributed by atoms with Gasteiger partial charge in [-0.1, -0.05) is 38.9 Å². The fraction of sp³-hybridized carbons (Fsp3) is 0.273. The maximum Gasteiger partial charge on any atom is 0.305 e. The van der Waals surface area contributed by atoms with Crippen molar-refractivity contribution < 1.29 is 24.0 Å². The number of aromatic amines is 1. The number of carbonyl (C=O) groups excluding carboxylic acids is 3. The lowest BCUT2D eigenvalue weighted by atomic mass is 9.68. The van der Waals surface area contributed by atoms with Gasteiger partial charge in [-0.3, -0.25) is 34.2 Å². The van der Waals surface area contributed by atoms with Gasteiger partial charge in [-0.15, -0.1) is 11.8 Å². The first-order valence-corrected chi connectivity index (χ1v) is 18.0. The number of fused-ring (bicyclic) bond motifs is 9. The number of aromatic nitrogens is 1. The number of thiazole rings is 1. The van der Waals surface area contributed by atoms with Gasteiger partial charge < -0.3 is 15.0 Å².